The van der Waals surface area contributed by atoms with E-state index in [0.717, 1.165) is 30.3 Å². The number of alkyl halides is 1. The summed E-state index contributed by atoms with van der Waals surface area (Å²) in [6.07, 6.45) is 6.40. The summed E-state index contributed by atoms with van der Waals surface area (Å²) in [7, 11) is 0. The van der Waals surface area contributed by atoms with E-state index in [4.69, 9.17) is 0 Å². The molecule has 0 fully saturated rings. The summed E-state index contributed by atoms with van der Waals surface area (Å²) in [5.41, 5.74) is 3.57. The second-order valence-electron chi connectivity index (χ2n) is 6.40. The summed E-state index contributed by atoms with van der Waals surface area (Å²) in [5.74, 6) is 0. The zero-order valence-electron chi connectivity index (χ0n) is 14.2. The van der Waals surface area contributed by atoms with Gasteiger partial charge in [0, 0.05) is 40.8 Å². The van der Waals surface area contributed by atoms with Gasteiger partial charge in [-0.3, -0.25) is 9.37 Å². The van der Waals surface area contributed by atoms with Gasteiger partial charge in [-0.05, 0) is 36.8 Å². The number of fused-ring (bicyclic) bond motifs is 2. The van der Waals surface area contributed by atoms with Gasteiger partial charge in [0.1, 0.15) is 0 Å². The Morgan fingerprint density at radius 2 is 1.64 bits per heavy atom. The van der Waals surface area contributed by atoms with Crippen molar-refractivity contribution < 1.29 is 4.39 Å². The number of benzene rings is 2. The fourth-order valence-electron chi connectivity index (χ4n) is 3.54. The van der Waals surface area contributed by atoms with E-state index in [2.05, 4.69) is 58.1 Å². The van der Waals surface area contributed by atoms with E-state index < -0.39 is 0 Å². The van der Waals surface area contributed by atoms with Gasteiger partial charge in [-0.15, -0.1) is 0 Å². The topological polar surface area (TPSA) is 17.8 Å². The van der Waals surface area contributed by atoms with Crippen LogP contribution in [0.15, 0.2) is 67.0 Å². The van der Waals surface area contributed by atoms with Gasteiger partial charge in [-0.1, -0.05) is 42.5 Å². The summed E-state index contributed by atoms with van der Waals surface area (Å²) in [6, 6.07) is 19.1. The first-order chi connectivity index (χ1) is 12.4. The smallest absolute Gasteiger partial charge is 0.0894 e. The van der Waals surface area contributed by atoms with Gasteiger partial charge in [0.15, 0.2) is 0 Å². The number of halogens is 1. The molecule has 0 atom stereocenters. The Morgan fingerprint density at radius 3 is 2.52 bits per heavy atom. The molecule has 0 amide bonds. The normalized spacial score (nSPS) is 11.4. The van der Waals surface area contributed by atoms with Gasteiger partial charge in [0.05, 0.1) is 12.4 Å². The molecule has 126 valence electrons. The molecular formula is C22H21FN2. The van der Waals surface area contributed by atoms with Gasteiger partial charge in [-0.2, -0.15) is 0 Å². The van der Waals surface area contributed by atoms with Crippen molar-refractivity contribution in [3.05, 3.63) is 67.0 Å². The first kappa shape index (κ1) is 15.8. The highest BCUT2D eigenvalue weighted by molar-refractivity contribution is 5.98. The van der Waals surface area contributed by atoms with Crippen LogP contribution in [0.5, 0.6) is 0 Å². The van der Waals surface area contributed by atoms with Crippen molar-refractivity contribution in [3.8, 4) is 11.3 Å². The molecule has 0 N–H and O–H groups in total. The summed E-state index contributed by atoms with van der Waals surface area (Å²) < 4.78 is 14.8. The largest absolute Gasteiger partial charge is 0.340 e. The SMILES string of the molecule is FCCCCCn1c(-c2cncc3ccccc23)cc2ccccc21. The quantitative estimate of drug-likeness (QED) is 0.396. The maximum atomic E-state index is 12.4. The number of hydrogen-bond donors (Lipinski definition) is 0. The fourth-order valence-corrected chi connectivity index (χ4v) is 3.54. The van der Waals surface area contributed by atoms with Crippen molar-refractivity contribution in [3.63, 3.8) is 0 Å². The first-order valence-electron chi connectivity index (χ1n) is 8.86. The monoisotopic (exact) mass is 332 g/mol. The number of aromatic nitrogens is 2. The number of para-hydroxylation sites is 1. The molecule has 2 nitrogen and oxygen atoms in total. The lowest BCUT2D eigenvalue weighted by atomic mass is 10.1. The number of rotatable bonds is 6. The van der Waals surface area contributed by atoms with Gasteiger partial charge < -0.3 is 4.57 Å². The second kappa shape index (κ2) is 7.06. The maximum absolute atomic E-state index is 12.4. The molecule has 3 heteroatoms. The predicted molar refractivity (Wildman–Crippen MR) is 103 cm³/mol. The summed E-state index contributed by atoms with van der Waals surface area (Å²) in [4.78, 5) is 4.45. The zero-order valence-corrected chi connectivity index (χ0v) is 14.2. The highest BCUT2D eigenvalue weighted by Gasteiger charge is 2.13. The van der Waals surface area contributed by atoms with Gasteiger partial charge in [-0.25, -0.2) is 0 Å². The lowest BCUT2D eigenvalue weighted by Crippen LogP contribution is -2.01. The minimum atomic E-state index is -0.230. The summed E-state index contributed by atoms with van der Waals surface area (Å²) >= 11 is 0. The van der Waals surface area contributed by atoms with E-state index in [1.807, 2.05) is 18.5 Å². The minimum absolute atomic E-state index is 0.230. The van der Waals surface area contributed by atoms with Crippen LogP contribution in [0.1, 0.15) is 19.3 Å². The Hall–Kier alpha value is -2.68. The summed E-state index contributed by atoms with van der Waals surface area (Å²) in [6.45, 7) is 0.665. The molecule has 0 spiro atoms. The van der Waals surface area contributed by atoms with Crippen LogP contribution in [0.25, 0.3) is 32.9 Å². The van der Waals surface area contributed by atoms with E-state index in [-0.39, 0.29) is 6.67 Å². The maximum Gasteiger partial charge on any atom is 0.0894 e. The zero-order chi connectivity index (χ0) is 17.1. The molecule has 4 aromatic rings. The number of hydrogen-bond acceptors (Lipinski definition) is 1. The number of nitrogens with zero attached hydrogens (tertiary/aromatic N) is 2. The first-order valence-corrected chi connectivity index (χ1v) is 8.86. The molecule has 2 aromatic carbocycles. The minimum Gasteiger partial charge on any atom is -0.340 e. The molecule has 0 unspecified atom stereocenters. The molecule has 25 heavy (non-hydrogen) atoms. The Balaban J connectivity index is 1.85. The molecular weight excluding hydrogens is 311 g/mol. The number of aryl methyl sites for hydroxylation is 1. The Bertz CT molecular complexity index is 998. The van der Waals surface area contributed by atoms with E-state index >= 15 is 0 Å². The van der Waals surface area contributed by atoms with Gasteiger partial charge >= 0.3 is 0 Å². The van der Waals surface area contributed by atoms with Gasteiger partial charge in [0.25, 0.3) is 0 Å². The summed E-state index contributed by atoms with van der Waals surface area (Å²) in [5, 5.41) is 3.59. The Kier molecular flexibility index (Phi) is 4.47. The molecule has 0 aliphatic carbocycles. The lowest BCUT2D eigenvalue weighted by molar-refractivity contribution is 0.449. The number of pyridine rings is 1. The molecule has 0 saturated heterocycles. The van der Waals surface area contributed by atoms with Crippen LogP contribution in [-0.4, -0.2) is 16.2 Å². The lowest BCUT2D eigenvalue weighted by Gasteiger charge is -2.12. The number of unbranched alkanes of at least 4 members (excludes halogenated alkanes) is 2. The van der Waals surface area contributed by atoms with Crippen LogP contribution in [0.3, 0.4) is 0 Å². The van der Waals surface area contributed by atoms with E-state index in [1.165, 1.54) is 22.0 Å². The Labute approximate surface area is 146 Å². The third kappa shape index (κ3) is 3.02. The van der Waals surface area contributed by atoms with Crippen molar-refractivity contribution in [2.75, 3.05) is 6.67 Å². The molecule has 2 aromatic heterocycles. The van der Waals surface area contributed by atoms with Crippen molar-refractivity contribution in [1.29, 1.82) is 0 Å². The molecule has 0 aliphatic rings. The van der Waals surface area contributed by atoms with Crippen LogP contribution in [-0.2, 0) is 6.54 Å². The Morgan fingerprint density at radius 1 is 0.840 bits per heavy atom. The van der Waals surface area contributed by atoms with Crippen molar-refractivity contribution in [1.82, 2.24) is 9.55 Å². The highest BCUT2D eigenvalue weighted by atomic mass is 19.1. The van der Waals surface area contributed by atoms with Crippen molar-refractivity contribution >= 4 is 21.7 Å². The van der Waals surface area contributed by atoms with Crippen molar-refractivity contribution in [2.45, 2.75) is 25.8 Å². The van der Waals surface area contributed by atoms with E-state index in [0.29, 0.717) is 6.42 Å². The molecule has 2 heterocycles. The van der Waals surface area contributed by atoms with Crippen LogP contribution < -0.4 is 0 Å². The van der Waals surface area contributed by atoms with Crippen LogP contribution >= 0.6 is 0 Å². The molecule has 4 rings (SSSR count). The average molecular weight is 332 g/mol. The third-order valence-corrected chi connectivity index (χ3v) is 4.77. The van der Waals surface area contributed by atoms with Crippen LogP contribution in [0.2, 0.25) is 0 Å². The van der Waals surface area contributed by atoms with Crippen LogP contribution in [0, 0.1) is 0 Å². The van der Waals surface area contributed by atoms with Crippen LogP contribution in [0.4, 0.5) is 4.39 Å². The molecule has 0 bridgehead atoms. The van der Waals surface area contributed by atoms with E-state index in [9.17, 15) is 4.39 Å². The molecule has 0 aliphatic heterocycles. The van der Waals surface area contributed by atoms with Crippen molar-refractivity contribution in [2.24, 2.45) is 0 Å². The fraction of sp³-hybridized carbons (Fsp3) is 0.227. The van der Waals surface area contributed by atoms with E-state index in [1.54, 1.807) is 0 Å². The highest BCUT2D eigenvalue weighted by Crippen LogP contribution is 2.32. The standard InChI is InChI=1S/C22H21FN2/c23-12-6-1-7-13-25-21-11-5-3-8-17(21)14-22(25)20-16-24-15-18-9-2-4-10-19(18)20/h2-5,8-11,14-16H,1,6-7,12-13H2. The molecule has 0 radical (unpaired) electrons. The van der Waals surface area contributed by atoms with Gasteiger partial charge in [0.2, 0.25) is 0 Å². The predicted octanol–water partition coefficient (Wildman–Crippen LogP) is 6.00. The second-order valence-corrected chi connectivity index (χ2v) is 6.40. The molecule has 0 saturated carbocycles. The average Bonchev–Trinajstić information content (AvgIpc) is 3.03. The third-order valence-electron chi connectivity index (χ3n) is 4.77.